The van der Waals surface area contributed by atoms with Gasteiger partial charge in [-0.15, -0.1) is 0 Å². The molecule has 126 valence electrons. The predicted molar refractivity (Wildman–Crippen MR) is 112 cm³/mol. The minimum absolute atomic E-state index is 0.477. The molecule has 0 saturated carbocycles. The predicted octanol–water partition coefficient (Wildman–Crippen LogP) is 6.39. The van der Waals surface area contributed by atoms with E-state index in [9.17, 15) is 0 Å². The van der Waals surface area contributed by atoms with Crippen molar-refractivity contribution < 1.29 is 0 Å². The van der Waals surface area contributed by atoms with Crippen LogP contribution in [0.15, 0.2) is 72.8 Å². The SMILES string of the molecule is S=C(Nc1ccc(Cl)cc1Cl)Nc1ccccc1Cc1ccccc1. The largest absolute Gasteiger partial charge is 0.332 e. The summed E-state index contributed by atoms with van der Waals surface area (Å²) in [5, 5.41) is 7.94. The molecule has 0 aliphatic heterocycles. The number of anilines is 2. The molecule has 3 aromatic carbocycles. The van der Waals surface area contributed by atoms with Crippen LogP contribution in [0.1, 0.15) is 11.1 Å². The van der Waals surface area contributed by atoms with Gasteiger partial charge in [0.2, 0.25) is 0 Å². The molecule has 0 radical (unpaired) electrons. The van der Waals surface area contributed by atoms with Crippen LogP contribution in [0.2, 0.25) is 10.0 Å². The number of rotatable bonds is 4. The molecule has 3 aromatic rings. The van der Waals surface area contributed by atoms with E-state index >= 15 is 0 Å². The highest BCUT2D eigenvalue weighted by atomic mass is 35.5. The van der Waals surface area contributed by atoms with E-state index in [0.717, 1.165) is 12.1 Å². The smallest absolute Gasteiger partial charge is 0.175 e. The highest BCUT2D eigenvalue weighted by molar-refractivity contribution is 7.80. The molecule has 0 aromatic heterocycles. The number of halogens is 2. The molecule has 0 heterocycles. The first kappa shape index (κ1) is 17.7. The lowest BCUT2D eigenvalue weighted by Gasteiger charge is -2.15. The Hall–Kier alpha value is -2.07. The summed E-state index contributed by atoms with van der Waals surface area (Å²) in [6, 6.07) is 23.7. The van der Waals surface area contributed by atoms with E-state index in [0.29, 0.717) is 20.8 Å². The Morgan fingerprint density at radius 1 is 0.800 bits per heavy atom. The number of hydrogen-bond acceptors (Lipinski definition) is 1. The Morgan fingerprint density at radius 2 is 1.48 bits per heavy atom. The van der Waals surface area contributed by atoms with Crippen LogP contribution in [0.4, 0.5) is 11.4 Å². The van der Waals surface area contributed by atoms with Crippen LogP contribution < -0.4 is 10.6 Å². The van der Waals surface area contributed by atoms with Crippen molar-refractivity contribution in [2.45, 2.75) is 6.42 Å². The highest BCUT2D eigenvalue weighted by Crippen LogP contribution is 2.26. The molecule has 0 amide bonds. The summed E-state index contributed by atoms with van der Waals surface area (Å²) >= 11 is 17.5. The van der Waals surface area contributed by atoms with Gasteiger partial charge in [0.05, 0.1) is 10.7 Å². The third-order valence-corrected chi connectivity index (χ3v) is 4.43. The van der Waals surface area contributed by atoms with E-state index in [1.165, 1.54) is 11.1 Å². The second-order valence-electron chi connectivity index (χ2n) is 5.52. The van der Waals surface area contributed by atoms with E-state index in [1.54, 1.807) is 18.2 Å². The van der Waals surface area contributed by atoms with Crippen molar-refractivity contribution in [2.75, 3.05) is 10.6 Å². The van der Waals surface area contributed by atoms with Gasteiger partial charge in [0, 0.05) is 10.7 Å². The van der Waals surface area contributed by atoms with Gasteiger partial charge in [0.15, 0.2) is 5.11 Å². The quantitative estimate of drug-likeness (QED) is 0.507. The Kier molecular flexibility index (Phi) is 5.92. The molecule has 0 bridgehead atoms. The zero-order chi connectivity index (χ0) is 17.6. The van der Waals surface area contributed by atoms with Gasteiger partial charge in [-0.25, -0.2) is 0 Å². The summed E-state index contributed by atoms with van der Waals surface area (Å²) in [6.45, 7) is 0. The first-order valence-corrected chi connectivity index (χ1v) is 8.93. The summed E-state index contributed by atoms with van der Waals surface area (Å²) in [5.41, 5.74) is 4.09. The fraction of sp³-hybridized carbons (Fsp3) is 0.0500. The van der Waals surface area contributed by atoms with Gasteiger partial charge in [-0.05, 0) is 54.0 Å². The lowest BCUT2D eigenvalue weighted by Crippen LogP contribution is -2.20. The second kappa shape index (κ2) is 8.34. The van der Waals surface area contributed by atoms with E-state index in [4.69, 9.17) is 35.4 Å². The summed E-state index contributed by atoms with van der Waals surface area (Å²) in [7, 11) is 0. The molecule has 0 saturated heterocycles. The summed E-state index contributed by atoms with van der Waals surface area (Å²) in [4.78, 5) is 0. The van der Waals surface area contributed by atoms with Gasteiger partial charge < -0.3 is 10.6 Å². The van der Waals surface area contributed by atoms with Crippen molar-refractivity contribution in [3.63, 3.8) is 0 Å². The van der Waals surface area contributed by atoms with Crippen LogP contribution in [-0.2, 0) is 6.42 Å². The van der Waals surface area contributed by atoms with Gasteiger partial charge in [-0.3, -0.25) is 0 Å². The van der Waals surface area contributed by atoms with Crippen molar-refractivity contribution in [1.82, 2.24) is 0 Å². The van der Waals surface area contributed by atoms with Gasteiger partial charge in [0.1, 0.15) is 0 Å². The normalized spacial score (nSPS) is 10.3. The number of thiocarbonyl (C=S) groups is 1. The molecular formula is C20H16Cl2N2S. The number of para-hydroxylation sites is 1. The first-order chi connectivity index (χ1) is 12.1. The average Bonchev–Trinajstić information content (AvgIpc) is 2.60. The van der Waals surface area contributed by atoms with Crippen molar-refractivity contribution >= 4 is 51.9 Å². The zero-order valence-corrected chi connectivity index (χ0v) is 15.6. The molecule has 3 rings (SSSR count). The molecule has 5 heteroatoms. The first-order valence-electron chi connectivity index (χ1n) is 7.77. The molecule has 0 fully saturated rings. The minimum Gasteiger partial charge on any atom is -0.332 e. The zero-order valence-electron chi connectivity index (χ0n) is 13.3. The topological polar surface area (TPSA) is 24.1 Å². The monoisotopic (exact) mass is 386 g/mol. The molecule has 0 unspecified atom stereocenters. The summed E-state index contributed by atoms with van der Waals surface area (Å²) < 4.78 is 0. The van der Waals surface area contributed by atoms with Crippen LogP contribution in [-0.4, -0.2) is 5.11 Å². The molecule has 0 spiro atoms. The van der Waals surface area contributed by atoms with Gasteiger partial charge >= 0.3 is 0 Å². The fourth-order valence-electron chi connectivity index (χ4n) is 2.48. The average molecular weight is 387 g/mol. The van der Waals surface area contributed by atoms with Crippen molar-refractivity contribution in [3.05, 3.63) is 94.0 Å². The van der Waals surface area contributed by atoms with E-state index in [2.05, 4.69) is 28.8 Å². The Labute approximate surface area is 162 Å². The lowest BCUT2D eigenvalue weighted by atomic mass is 10.0. The van der Waals surface area contributed by atoms with Gasteiger partial charge in [-0.2, -0.15) is 0 Å². The van der Waals surface area contributed by atoms with Gasteiger partial charge in [0.25, 0.3) is 0 Å². The molecule has 0 aliphatic rings. The standard InChI is InChI=1S/C20H16Cl2N2S/c21-16-10-11-19(17(22)13-16)24-20(25)23-18-9-5-4-8-15(18)12-14-6-2-1-3-7-14/h1-11,13H,12H2,(H2,23,24,25). The van der Waals surface area contributed by atoms with Gasteiger partial charge in [-0.1, -0.05) is 71.7 Å². The lowest BCUT2D eigenvalue weighted by molar-refractivity contribution is 1.19. The maximum Gasteiger partial charge on any atom is 0.175 e. The maximum atomic E-state index is 6.18. The van der Waals surface area contributed by atoms with Crippen LogP contribution in [0, 0.1) is 0 Å². The maximum absolute atomic E-state index is 6.18. The van der Waals surface area contributed by atoms with Crippen LogP contribution in [0.25, 0.3) is 0 Å². The number of hydrogen-bond donors (Lipinski definition) is 2. The molecule has 25 heavy (non-hydrogen) atoms. The third-order valence-electron chi connectivity index (χ3n) is 3.68. The Balaban J connectivity index is 1.73. The molecule has 2 N–H and O–H groups in total. The molecular weight excluding hydrogens is 371 g/mol. The third kappa shape index (κ3) is 4.95. The van der Waals surface area contributed by atoms with E-state index in [-0.39, 0.29) is 0 Å². The number of nitrogens with one attached hydrogen (secondary N) is 2. The molecule has 0 aliphatic carbocycles. The Bertz CT molecular complexity index is 882. The molecule has 2 nitrogen and oxygen atoms in total. The summed E-state index contributed by atoms with van der Waals surface area (Å²) in [5.74, 6) is 0. The summed E-state index contributed by atoms with van der Waals surface area (Å²) in [6.07, 6.45) is 0.828. The Morgan fingerprint density at radius 3 is 2.24 bits per heavy atom. The van der Waals surface area contributed by atoms with E-state index in [1.807, 2.05) is 36.4 Å². The van der Waals surface area contributed by atoms with Crippen molar-refractivity contribution in [1.29, 1.82) is 0 Å². The van der Waals surface area contributed by atoms with Crippen LogP contribution in [0.3, 0.4) is 0 Å². The fourth-order valence-corrected chi connectivity index (χ4v) is 3.15. The van der Waals surface area contributed by atoms with Crippen LogP contribution in [0.5, 0.6) is 0 Å². The van der Waals surface area contributed by atoms with Crippen molar-refractivity contribution in [3.8, 4) is 0 Å². The number of benzene rings is 3. The van der Waals surface area contributed by atoms with Crippen LogP contribution >= 0.6 is 35.4 Å². The minimum atomic E-state index is 0.477. The molecule has 0 atom stereocenters. The second-order valence-corrected chi connectivity index (χ2v) is 6.77. The van der Waals surface area contributed by atoms with Crippen molar-refractivity contribution in [2.24, 2.45) is 0 Å². The van der Waals surface area contributed by atoms with E-state index < -0.39 is 0 Å². The highest BCUT2D eigenvalue weighted by Gasteiger charge is 2.07.